The van der Waals surface area contributed by atoms with Gasteiger partial charge in [0.25, 0.3) is 6.71 Å². The standard InChI is InChI=1S/C82H60BN3/c1-82(2,3)63-52-77-79-78(53-63)86(81-67(60-31-15-7-16-32-60)39-24-40-68(81)61-33-17-8-18-34-61)76-54-64(84-73-41-21-19-35-69(73)70-36-20-22-42-74(70)84)48-50-72(76)83(79)71-49-47-62(57-45-43-56(44-46-57)55-25-9-4-10-26-55)51-75(71)85(77)80-65(58-27-11-5-12-28-58)37-23-38-66(80)59-29-13-6-14-30-59/h4-54H,1-3H3. The Morgan fingerprint density at radius 2 is 0.628 bits per heavy atom. The van der Waals surface area contributed by atoms with Gasteiger partial charge in [-0.25, -0.2) is 0 Å². The zero-order valence-corrected chi connectivity index (χ0v) is 48.4. The van der Waals surface area contributed by atoms with Crippen LogP contribution < -0.4 is 26.2 Å². The Kier molecular flexibility index (Phi) is 12.2. The molecule has 0 radical (unpaired) electrons. The number of rotatable bonds is 9. The molecule has 13 aromatic carbocycles. The van der Waals surface area contributed by atoms with Crippen molar-refractivity contribution < 1.29 is 0 Å². The molecule has 16 rings (SSSR count). The first-order chi connectivity index (χ1) is 42.3. The van der Waals surface area contributed by atoms with E-state index in [1.165, 1.54) is 71.8 Å². The van der Waals surface area contributed by atoms with E-state index < -0.39 is 0 Å². The number of hydrogen-bond donors (Lipinski definition) is 0. The quantitative estimate of drug-likeness (QED) is 0.133. The summed E-state index contributed by atoms with van der Waals surface area (Å²) in [5.74, 6) is 0. The second-order valence-corrected chi connectivity index (χ2v) is 24.0. The highest BCUT2D eigenvalue weighted by atomic mass is 15.2. The number of hydrogen-bond acceptors (Lipinski definition) is 2. The maximum absolute atomic E-state index is 2.68. The third kappa shape index (κ3) is 8.43. The van der Waals surface area contributed by atoms with Gasteiger partial charge in [-0.1, -0.05) is 288 Å². The van der Waals surface area contributed by atoms with Gasteiger partial charge < -0.3 is 14.4 Å². The second kappa shape index (κ2) is 20.6. The van der Waals surface area contributed by atoms with Crippen molar-refractivity contribution in [1.82, 2.24) is 4.57 Å². The molecule has 0 aliphatic carbocycles. The third-order valence-corrected chi connectivity index (χ3v) is 17.9. The van der Waals surface area contributed by atoms with Gasteiger partial charge in [0.1, 0.15) is 0 Å². The lowest BCUT2D eigenvalue weighted by Crippen LogP contribution is -2.61. The SMILES string of the molecule is CC(C)(C)c1cc2c3c(c1)N(c1c(-c4ccccc4)cccc1-c1ccccc1)c1cc(-n4c5ccccc5c5ccccc54)ccc1B3c1ccc(-c3ccc(-c4ccccc4)cc3)cc1N2c1c(-c2ccccc2)cccc1-c1ccccc1. The summed E-state index contributed by atoms with van der Waals surface area (Å²) >= 11 is 0. The predicted molar refractivity (Wildman–Crippen MR) is 366 cm³/mol. The smallest absolute Gasteiger partial charge is 0.252 e. The summed E-state index contributed by atoms with van der Waals surface area (Å²) in [5.41, 5.74) is 29.1. The molecule has 3 nitrogen and oxygen atoms in total. The normalized spacial score (nSPS) is 12.5. The lowest BCUT2D eigenvalue weighted by Gasteiger charge is -2.46. The van der Waals surface area contributed by atoms with Gasteiger partial charge in [0, 0.05) is 61.5 Å². The fraction of sp³-hybridized carbons (Fsp3) is 0.0488. The largest absolute Gasteiger partial charge is 0.310 e. The maximum Gasteiger partial charge on any atom is 0.252 e. The van der Waals surface area contributed by atoms with Gasteiger partial charge in [-0.15, -0.1) is 0 Å². The van der Waals surface area contributed by atoms with Crippen molar-refractivity contribution in [1.29, 1.82) is 0 Å². The molecule has 0 bridgehead atoms. The first kappa shape index (κ1) is 51.0. The molecule has 14 aromatic rings. The van der Waals surface area contributed by atoms with Gasteiger partial charge in [0.05, 0.1) is 22.4 Å². The molecule has 0 N–H and O–H groups in total. The van der Waals surface area contributed by atoms with Crippen LogP contribution in [0.3, 0.4) is 0 Å². The van der Waals surface area contributed by atoms with Crippen LogP contribution in [-0.4, -0.2) is 11.3 Å². The molecule has 4 heteroatoms. The van der Waals surface area contributed by atoms with Crippen molar-refractivity contribution in [2.45, 2.75) is 26.2 Å². The Morgan fingerprint density at radius 1 is 0.279 bits per heavy atom. The molecule has 1 aromatic heterocycles. The van der Waals surface area contributed by atoms with E-state index in [-0.39, 0.29) is 12.1 Å². The van der Waals surface area contributed by atoms with E-state index in [4.69, 9.17) is 0 Å². The summed E-state index contributed by atoms with van der Waals surface area (Å²) < 4.78 is 2.48. The number of aromatic nitrogens is 1. The Bertz CT molecular complexity index is 4720. The molecule has 0 fully saturated rings. The van der Waals surface area contributed by atoms with E-state index in [0.29, 0.717) is 0 Å². The van der Waals surface area contributed by atoms with Crippen molar-refractivity contribution in [2.24, 2.45) is 0 Å². The van der Waals surface area contributed by atoms with Crippen molar-refractivity contribution in [3.8, 4) is 72.4 Å². The van der Waals surface area contributed by atoms with Crippen LogP contribution in [0.1, 0.15) is 26.3 Å². The van der Waals surface area contributed by atoms with E-state index in [1.807, 2.05) is 0 Å². The van der Waals surface area contributed by atoms with Gasteiger partial charge in [-0.3, -0.25) is 0 Å². The number of benzene rings is 13. The van der Waals surface area contributed by atoms with Crippen LogP contribution in [-0.2, 0) is 5.41 Å². The van der Waals surface area contributed by atoms with E-state index in [1.54, 1.807) is 0 Å². The van der Waals surface area contributed by atoms with Crippen LogP contribution >= 0.6 is 0 Å². The Balaban J connectivity index is 1.05. The van der Waals surface area contributed by atoms with Crippen LogP contribution in [0.5, 0.6) is 0 Å². The molecule has 0 amide bonds. The van der Waals surface area contributed by atoms with Gasteiger partial charge in [-0.2, -0.15) is 0 Å². The van der Waals surface area contributed by atoms with Gasteiger partial charge in [0.15, 0.2) is 0 Å². The van der Waals surface area contributed by atoms with Gasteiger partial charge >= 0.3 is 0 Å². The average molecular weight is 1100 g/mol. The highest BCUT2D eigenvalue weighted by molar-refractivity contribution is 7.00. The Morgan fingerprint density at radius 3 is 1.06 bits per heavy atom. The fourth-order valence-corrected chi connectivity index (χ4v) is 13.9. The van der Waals surface area contributed by atoms with Crippen LogP contribution in [0.15, 0.2) is 309 Å². The van der Waals surface area contributed by atoms with Crippen LogP contribution in [0, 0.1) is 0 Å². The summed E-state index contributed by atoms with van der Waals surface area (Å²) in [6, 6.07) is 115. The molecule has 2 aliphatic rings. The minimum Gasteiger partial charge on any atom is -0.310 e. The van der Waals surface area contributed by atoms with Gasteiger partial charge in [-0.05, 0) is 114 Å². The first-order valence-electron chi connectivity index (χ1n) is 30.0. The van der Waals surface area contributed by atoms with Crippen molar-refractivity contribution in [2.75, 3.05) is 9.80 Å². The molecule has 0 atom stereocenters. The number of fused-ring (bicyclic) bond motifs is 7. The predicted octanol–water partition coefficient (Wildman–Crippen LogP) is 20.2. The average Bonchev–Trinajstić information content (AvgIpc) is 0.841. The minimum atomic E-state index is -0.269. The van der Waals surface area contributed by atoms with E-state index in [9.17, 15) is 0 Å². The summed E-state index contributed by atoms with van der Waals surface area (Å²) in [6.07, 6.45) is 0. The van der Waals surface area contributed by atoms with E-state index in [0.717, 1.165) is 78.5 Å². The van der Waals surface area contributed by atoms with Crippen molar-refractivity contribution in [3.05, 3.63) is 315 Å². The lowest BCUT2D eigenvalue weighted by atomic mass is 9.33. The molecule has 0 spiro atoms. The monoisotopic (exact) mass is 1100 g/mol. The summed E-state index contributed by atoms with van der Waals surface area (Å²) in [7, 11) is 0. The van der Waals surface area contributed by atoms with Crippen LogP contribution in [0.25, 0.3) is 94.3 Å². The van der Waals surface area contributed by atoms with Gasteiger partial charge in [0.2, 0.25) is 0 Å². The zero-order valence-electron chi connectivity index (χ0n) is 48.4. The summed E-state index contributed by atoms with van der Waals surface area (Å²) in [6.45, 7) is 6.96. The number of nitrogens with zero attached hydrogens (tertiary/aromatic N) is 3. The molecular weight excluding hydrogens is 1040 g/mol. The minimum absolute atomic E-state index is 0.165. The Hall–Kier alpha value is -10.7. The molecule has 0 saturated carbocycles. The molecule has 0 unspecified atom stereocenters. The lowest BCUT2D eigenvalue weighted by molar-refractivity contribution is 0.590. The first-order valence-corrected chi connectivity index (χ1v) is 30.0. The number of para-hydroxylation sites is 4. The highest BCUT2D eigenvalue weighted by Gasteiger charge is 2.46. The molecule has 0 saturated heterocycles. The van der Waals surface area contributed by atoms with Crippen molar-refractivity contribution in [3.63, 3.8) is 0 Å². The molecule has 2 aliphatic heterocycles. The molecule has 406 valence electrons. The maximum atomic E-state index is 2.68. The fourth-order valence-electron chi connectivity index (χ4n) is 13.9. The molecule has 3 heterocycles. The topological polar surface area (TPSA) is 11.4 Å². The van der Waals surface area contributed by atoms with E-state index in [2.05, 4.69) is 345 Å². The Labute approximate surface area is 504 Å². The second-order valence-electron chi connectivity index (χ2n) is 24.0. The van der Waals surface area contributed by atoms with Crippen LogP contribution in [0.4, 0.5) is 34.1 Å². The molecule has 86 heavy (non-hydrogen) atoms. The van der Waals surface area contributed by atoms with Crippen molar-refractivity contribution >= 4 is 79.0 Å². The zero-order chi connectivity index (χ0) is 57.5. The molecular formula is C82H60BN3. The highest BCUT2D eigenvalue weighted by Crippen LogP contribution is 2.54. The summed E-state index contributed by atoms with van der Waals surface area (Å²) in [5, 5.41) is 2.47. The summed E-state index contributed by atoms with van der Waals surface area (Å²) in [4.78, 5) is 5.35. The number of anilines is 6. The van der Waals surface area contributed by atoms with E-state index >= 15 is 0 Å². The van der Waals surface area contributed by atoms with Crippen LogP contribution in [0.2, 0.25) is 0 Å². The third-order valence-electron chi connectivity index (χ3n) is 17.9.